The van der Waals surface area contributed by atoms with Crippen molar-refractivity contribution >= 4 is 45.9 Å². The van der Waals surface area contributed by atoms with Crippen LogP contribution in [0.1, 0.15) is 17.3 Å². The van der Waals surface area contributed by atoms with E-state index in [-0.39, 0.29) is 17.1 Å². The van der Waals surface area contributed by atoms with Gasteiger partial charge in [0.05, 0.1) is 22.1 Å². The lowest BCUT2D eigenvalue weighted by Gasteiger charge is -2.21. The number of carbonyl (C=O) groups excluding carboxylic acids is 2. The van der Waals surface area contributed by atoms with Crippen molar-refractivity contribution in [2.75, 3.05) is 10.6 Å². The van der Waals surface area contributed by atoms with E-state index in [0.717, 1.165) is 15.8 Å². The van der Waals surface area contributed by atoms with Gasteiger partial charge in [0.2, 0.25) is 5.91 Å². The molecule has 2 amide bonds. The number of aromatic nitrogens is 1. The van der Waals surface area contributed by atoms with E-state index in [4.69, 9.17) is 0 Å². The fourth-order valence-electron chi connectivity index (χ4n) is 2.76. The summed E-state index contributed by atoms with van der Waals surface area (Å²) in [6, 6.07) is 14.7. The Bertz CT molecular complexity index is 998. The van der Waals surface area contributed by atoms with Gasteiger partial charge < -0.3 is 10.6 Å². The third kappa shape index (κ3) is 2.96. The molecule has 2 heterocycles. The summed E-state index contributed by atoms with van der Waals surface area (Å²) in [5, 5.41) is 6.53. The summed E-state index contributed by atoms with van der Waals surface area (Å²) in [6.07, 6.45) is 1.72. The van der Waals surface area contributed by atoms with Crippen LogP contribution in [0.5, 0.6) is 0 Å². The van der Waals surface area contributed by atoms with Crippen LogP contribution in [-0.2, 0) is 4.79 Å². The molecular formula is C19H15N3O2S. The van der Waals surface area contributed by atoms with Gasteiger partial charge in [-0.2, -0.15) is 0 Å². The van der Waals surface area contributed by atoms with Crippen molar-refractivity contribution in [2.24, 2.45) is 0 Å². The number of carbonyl (C=O) groups is 2. The molecule has 0 unspecified atom stereocenters. The molecule has 4 rings (SSSR count). The lowest BCUT2D eigenvalue weighted by Crippen LogP contribution is -2.26. The number of nitrogens with zero attached hydrogens (tertiary/aromatic N) is 1. The quantitative estimate of drug-likeness (QED) is 0.736. The second kappa shape index (κ2) is 6.22. The number of anilines is 2. The molecule has 5 nitrogen and oxygen atoms in total. The van der Waals surface area contributed by atoms with Gasteiger partial charge >= 0.3 is 0 Å². The molecule has 6 heteroatoms. The van der Waals surface area contributed by atoms with Gasteiger partial charge in [0.1, 0.15) is 0 Å². The van der Waals surface area contributed by atoms with Crippen molar-refractivity contribution in [3.63, 3.8) is 0 Å². The van der Waals surface area contributed by atoms with E-state index >= 15 is 0 Å². The Morgan fingerprint density at radius 2 is 2.08 bits per heavy atom. The predicted molar refractivity (Wildman–Crippen MR) is 100 cm³/mol. The highest BCUT2D eigenvalue weighted by atomic mass is 32.2. The molecule has 124 valence electrons. The number of thioether (sulfide) groups is 1. The van der Waals surface area contributed by atoms with Crippen LogP contribution in [0, 0.1) is 0 Å². The molecular weight excluding hydrogens is 334 g/mol. The van der Waals surface area contributed by atoms with Crippen molar-refractivity contribution in [3.05, 3.63) is 60.3 Å². The maximum absolute atomic E-state index is 12.6. The fraction of sp³-hybridized carbons (Fsp3) is 0.105. The molecule has 3 aromatic rings. The van der Waals surface area contributed by atoms with Crippen LogP contribution < -0.4 is 10.6 Å². The van der Waals surface area contributed by atoms with Gasteiger partial charge in [0.15, 0.2) is 0 Å². The zero-order chi connectivity index (χ0) is 17.4. The molecule has 1 atom stereocenters. The van der Waals surface area contributed by atoms with E-state index < -0.39 is 0 Å². The van der Waals surface area contributed by atoms with Gasteiger partial charge in [-0.25, -0.2) is 0 Å². The van der Waals surface area contributed by atoms with Gasteiger partial charge in [-0.05, 0) is 49.4 Å². The van der Waals surface area contributed by atoms with Gasteiger partial charge in [0.25, 0.3) is 5.91 Å². The Morgan fingerprint density at radius 1 is 1.20 bits per heavy atom. The standard InChI is InChI=1S/C19H15N3O2S/c1-11-18(23)22-16-10-12(7-8-17(16)25-11)19(24)21-15-6-2-5-14-13(15)4-3-9-20-14/h2-11H,1H3,(H,21,24)(H,22,23)/t11-/m0/s1. The Labute approximate surface area is 148 Å². The normalized spacial score (nSPS) is 16.2. The summed E-state index contributed by atoms with van der Waals surface area (Å²) in [5.74, 6) is -0.271. The van der Waals surface area contributed by atoms with E-state index in [0.29, 0.717) is 16.9 Å². The number of nitrogens with one attached hydrogen (secondary N) is 2. The molecule has 0 saturated carbocycles. The van der Waals surface area contributed by atoms with Crippen LogP contribution in [0.2, 0.25) is 0 Å². The molecule has 2 aromatic carbocycles. The highest BCUT2D eigenvalue weighted by Gasteiger charge is 2.23. The molecule has 0 bridgehead atoms. The largest absolute Gasteiger partial charge is 0.324 e. The molecule has 0 saturated heterocycles. The zero-order valence-electron chi connectivity index (χ0n) is 13.4. The first-order valence-electron chi connectivity index (χ1n) is 7.88. The minimum Gasteiger partial charge on any atom is -0.324 e. The van der Waals surface area contributed by atoms with Crippen molar-refractivity contribution in [2.45, 2.75) is 17.1 Å². The molecule has 0 aliphatic carbocycles. The third-order valence-electron chi connectivity index (χ3n) is 4.07. The van der Waals surface area contributed by atoms with Crippen LogP contribution in [0.25, 0.3) is 10.9 Å². The molecule has 1 aliphatic rings. The number of benzene rings is 2. The summed E-state index contributed by atoms with van der Waals surface area (Å²) in [7, 11) is 0. The number of rotatable bonds is 2. The average Bonchev–Trinajstić information content (AvgIpc) is 2.62. The second-order valence-electron chi connectivity index (χ2n) is 5.79. The Morgan fingerprint density at radius 3 is 2.96 bits per heavy atom. The maximum Gasteiger partial charge on any atom is 0.255 e. The van der Waals surface area contributed by atoms with Gasteiger partial charge in [0, 0.05) is 22.0 Å². The third-order valence-corrected chi connectivity index (χ3v) is 5.24. The SMILES string of the molecule is C[C@@H]1Sc2ccc(C(=O)Nc3cccc4ncccc34)cc2NC1=O. The average molecular weight is 349 g/mol. The summed E-state index contributed by atoms with van der Waals surface area (Å²) >= 11 is 1.49. The monoisotopic (exact) mass is 349 g/mol. The van der Waals surface area contributed by atoms with Gasteiger partial charge in [-0.3, -0.25) is 14.6 Å². The Balaban J connectivity index is 1.63. The molecule has 0 fully saturated rings. The lowest BCUT2D eigenvalue weighted by atomic mass is 10.1. The van der Waals surface area contributed by atoms with Crippen LogP contribution in [0.4, 0.5) is 11.4 Å². The van der Waals surface area contributed by atoms with E-state index in [1.54, 1.807) is 18.3 Å². The highest BCUT2D eigenvalue weighted by molar-refractivity contribution is 8.00. The number of pyridine rings is 1. The summed E-state index contributed by atoms with van der Waals surface area (Å²) in [5.41, 5.74) is 2.71. The summed E-state index contributed by atoms with van der Waals surface area (Å²) < 4.78 is 0. The topological polar surface area (TPSA) is 71.1 Å². The zero-order valence-corrected chi connectivity index (χ0v) is 14.3. The van der Waals surface area contributed by atoms with Crippen LogP contribution in [0.3, 0.4) is 0 Å². The summed E-state index contributed by atoms with van der Waals surface area (Å²) in [6.45, 7) is 1.86. The van der Waals surface area contributed by atoms with Gasteiger partial charge in [-0.15, -0.1) is 11.8 Å². The van der Waals surface area contributed by atoms with E-state index in [9.17, 15) is 9.59 Å². The first-order valence-corrected chi connectivity index (χ1v) is 8.76. The first kappa shape index (κ1) is 15.7. The van der Waals surface area contributed by atoms with E-state index in [1.807, 2.05) is 43.3 Å². The van der Waals surface area contributed by atoms with Crippen molar-refractivity contribution in [1.29, 1.82) is 0 Å². The molecule has 25 heavy (non-hydrogen) atoms. The Hall–Kier alpha value is -2.86. The molecule has 2 N–H and O–H groups in total. The number of amides is 2. The first-order chi connectivity index (χ1) is 12.1. The van der Waals surface area contributed by atoms with E-state index in [1.165, 1.54) is 11.8 Å². The number of hydrogen-bond donors (Lipinski definition) is 2. The van der Waals surface area contributed by atoms with Crippen LogP contribution in [-0.4, -0.2) is 22.0 Å². The molecule has 0 radical (unpaired) electrons. The minimum absolute atomic E-state index is 0.0461. The fourth-order valence-corrected chi connectivity index (χ4v) is 3.69. The smallest absolute Gasteiger partial charge is 0.255 e. The second-order valence-corrected chi connectivity index (χ2v) is 7.17. The number of fused-ring (bicyclic) bond motifs is 2. The Kier molecular flexibility index (Phi) is 3.89. The van der Waals surface area contributed by atoms with E-state index in [2.05, 4.69) is 15.6 Å². The summed E-state index contributed by atoms with van der Waals surface area (Å²) in [4.78, 5) is 29.7. The highest BCUT2D eigenvalue weighted by Crippen LogP contribution is 2.36. The van der Waals surface area contributed by atoms with Crippen molar-refractivity contribution in [3.8, 4) is 0 Å². The van der Waals surface area contributed by atoms with Crippen molar-refractivity contribution < 1.29 is 9.59 Å². The van der Waals surface area contributed by atoms with Crippen LogP contribution in [0.15, 0.2) is 59.6 Å². The predicted octanol–water partition coefficient (Wildman–Crippen LogP) is 3.92. The number of hydrogen-bond acceptors (Lipinski definition) is 4. The molecule has 0 spiro atoms. The minimum atomic E-state index is -0.225. The lowest BCUT2D eigenvalue weighted by molar-refractivity contribution is -0.115. The van der Waals surface area contributed by atoms with Crippen LogP contribution >= 0.6 is 11.8 Å². The molecule has 1 aliphatic heterocycles. The van der Waals surface area contributed by atoms with Crippen molar-refractivity contribution in [1.82, 2.24) is 4.98 Å². The van der Waals surface area contributed by atoms with Gasteiger partial charge in [-0.1, -0.05) is 6.07 Å². The maximum atomic E-state index is 12.6. The molecule has 1 aromatic heterocycles.